The van der Waals surface area contributed by atoms with Crippen LogP contribution in [0.5, 0.6) is 0 Å². The summed E-state index contributed by atoms with van der Waals surface area (Å²) in [6, 6.07) is 0. The summed E-state index contributed by atoms with van der Waals surface area (Å²) in [5, 5.41) is 0. The van der Waals surface area contributed by atoms with Crippen LogP contribution in [-0.2, 0) is 0 Å². The van der Waals surface area contributed by atoms with Crippen LogP contribution < -0.4 is 0 Å². The minimum absolute atomic E-state index is 0.521. The normalized spacial score (nSPS) is 32.9. The highest BCUT2D eigenvalue weighted by Gasteiger charge is 2.17. The Hall–Kier alpha value is 0.270. The van der Waals surface area contributed by atoms with Gasteiger partial charge in [-0.2, -0.15) is 10.6 Å². The van der Waals surface area contributed by atoms with Crippen molar-refractivity contribution >= 4 is 10.6 Å². The Bertz CT molecular complexity index is 64.1. The summed E-state index contributed by atoms with van der Waals surface area (Å²) in [5.74, 6) is 1.11. The van der Waals surface area contributed by atoms with Gasteiger partial charge in [-0.05, 0) is 12.8 Å². The molecule has 3 heteroatoms. The standard InChI is InChI=1S/C4H9O2S/c5-7(6)3-1-2-4-7/h1,5-6H,2-4H2. The molecule has 7 heavy (non-hydrogen) atoms. The molecule has 2 N–H and O–H groups in total. The predicted molar refractivity (Wildman–Crippen MR) is 31.5 cm³/mol. The van der Waals surface area contributed by atoms with E-state index >= 15 is 0 Å². The lowest BCUT2D eigenvalue weighted by Gasteiger charge is -2.24. The van der Waals surface area contributed by atoms with E-state index in [1.165, 1.54) is 0 Å². The van der Waals surface area contributed by atoms with Crippen LogP contribution in [0.4, 0.5) is 0 Å². The number of hydrogen-bond donors (Lipinski definition) is 2. The van der Waals surface area contributed by atoms with Gasteiger partial charge in [-0.1, -0.05) is 0 Å². The summed E-state index contributed by atoms with van der Waals surface area (Å²) in [6.07, 6.45) is 2.80. The van der Waals surface area contributed by atoms with Crippen molar-refractivity contribution in [1.82, 2.24) is 0 Å². The van der Waals surface area contributed by atoms with E-state index in [-0.39, 0.29) is 0 Å². The summed E-state index contributed by atoms with van der Waals surface area (Å²) in [4.78, 5) is 0. The SMILES string of the molecule is OS1(O)C[CH]CC1. The fourth-order valence-electron chi connectivity index (χ4n) is 0.627. The molecule has 1 saturated heterocycles. The van der Waals surface area contributed by atoms with E-state index in [1.54, 1.807) is 0 Å². The minimum Gasteiger partial charge on any atom is -0.299 e. The molecule has 1 aliphatic heterocycles. The van der Waals surface area contributed by atoms with Crippen LogP contribution in [-0.4, -0.2) is 20.6 Å². The highest BCUT2D eigenvalue weighted by atomic mass is 32.3. The number of hydrogen-bond acceptors (Lipinski definition) is 2. The van der Waals surface area contributed by atoms with Gasteiger partial charge in [0.05, 0.1) is 0 Å². The van der Waals surface area contributed by atoms with Gasteiger partial charge in [-0.15, -0.1) is 0 Å². The largest absolute Gasteiger partial charge is 0.299 e. The van der Waals surface area contributed by atoms with Crippen molar-refractivity contribution in [3.8, 4) is 0 Å². The van der Waals surface area contributed by atoms with Gasteiger partial charge in [0.1, 0.15) is 0 Å². The maximum absolute atomic E-state index is 8.80. The molecular weight excluding hydrogens is 112 g/mol. The summed E-state index contributed by atoms with van der Waals surface area (Å²) < 4.78 is 17.6. The van der Waals surface area contributed by atoms with Crippen molar-refractivity contribution in [3.05, 3.63) is 6.42 Å². The van der Waals surface area contributed by atoms with Crippen LogP contribution in [0.25, 0.3) is 0 Å². The molecular formula is C4H9O2S. The van der Waals surface area contributed by atoms with Crippen LogP contribution >= 0.6 is 10.6 Å². The zero-order valence-corrected chi connectivity index (χ0v) is 4.82. The smallest absolute Gasteiger partial charge is 0.0406 e. The lowest BCUT2D eigenvalue weighted by molar-refractivity contribution is 0.496. The first-order valence-electron chi connectivity index (χ1n) is 2.26. The van der Waals surface area contributed by atoms with Crippen LogP contribution in [0.15, 0.2) is 0 Å². The van der Waals surface area contributed by atoms with E-state index < -0.39 is 10.6 Å². The molecule has 0 spiro atoms. The molecule has 0 amide bonds. The minimum atomic E-state index is -2.10. The maximum atomic E-state index is 8.80. The third-order valence-corrected chi connectivity index (χ3v) is 2.69. The Kier molecular flexibility index (Phi) is 1.28. The fourth-order valence-corrected chi connectivity index (χ4v) is 1.88. The third-order valence-electron chi connectivity index (χ3n) is 1.03. The molecule has 0 bridgehead atoms. The van der Waals surface area contributed by atoms with Gasteiger partial charge in [0.25, 0.3) is 0 Å². The molecule has 0 aromatic carbocycles. The first kappa shape index (κ1) is 5.41. The second-order valence-electron chi connectivity index (χ2n) is 1.75. The summed E-state index contributed by atoms with van der Waals surface area (Å²) in [5.41, 5.74) is 0. The molecule has 0 saturated carbocycles. The van der Waals surface area contributed by atoms with Crippen LogP contribution in [0.3, 0.4) is 0 Å². The molecule has 2 nitrogen and oxygen atoms in total. The van der Waals surface area contributed by atoms with E-state index in [0.717, 1.165) is 6.42 Å². The molecule has 1 heterocycles. The van der Waals surface area contributed by atoms with Crippen LogP contribution in [0, 0.1) is 6.42 Å². The molecule has 0 unspecified atom stereocenters. The molecule has 1 rings (SSSR count). The Balaban J connectivity index is 2.40. The van der Waals surface area contributed by atoms with Gasteiger partial charge < -0.3 is 0 Å². The van der Waals surface area contributed by atoms with Crippen molar-refractivity contribution in [3.63, 3.8) is 0 Å². The third kappa shape index (κ3) is 1.33. The molecule has 1 aliphatic rings. The van der Waals surface area contributed by atoms with E-state index in [1.807, 2.05) is 6.42 Å². The second-order valence-corrected chi connectivity index (χ2v) is 4.10. The molecule has 0 atom stereocenters. The van der Waals surface area contributed by atoms with Crippen LogP contribution in [0.1, 0.15) is 6.42 Å². The summed E-state index contributed by atoms with van der Waals surface area (Å²) in [7, 11) is -2.10. The first-order chi connectivity index (χ1) is 3.21. The molecule has 0 aromatic heterocycles. The predicted octanol–water partition coefficient (Wildman–Crippen LogP) is 1.34. The summed E-state index contributed by atoms with van der Waals surface area (Å²) in [6.45, 7) is 0. The van der Waals surface area contributed by atoms with E-state index in [2.05, 4.69) is 0 Å². The first-order valence-corrected chi connectivity index (χ1v) is 4.14. The quantitative estimate of drug-likeness (QED) is 0.507. The Morgan fingerprint density at radius 3 is 2.29 bits per heavy atom. The molecule has 0 aromatic rings. The van der Waals surface area contributed by atoms with E-state index in [9.17, 15) is 0 Å². The van der Waals surface area contributed by atoms with Gasteiger partial charge in [-0.25, -0.2) is 0 Å². The highest BCUT2D eigenvalue weighted by molar-refractivity contribution is 8.24. The Labute approximate surface area is 44.9 Å². The van der Waals surface area contributed by atoms with E-state index in [4.69, 9.17) is 9.11 Å². The van der Waals surface area contributed by atoms with Crippen molar-refractivity contribution in [2.45, 2.75) is 6.42 Å². The maximum Gasteiger partial charge on any atom is 0.0406 e. The lowest BCUT2D eigenvalue weighted by atomic mass is 10.4. The van der Waals surface area contributed by atoms with Gasteiger partial charge in [0.15, 0.2) is 0 Å². The zero-order chi connectivity index (χ0) is 5.33. The molecule has 0 aliphatic carbocycles. The van der Waals surface area contributed by atoms with Gasteiger partial charge in [-0.3, -0.25) is 9.11 Å². The highest BCUT2D eigenvalue weighted by Crippen LogP contribution is 2.44. The van der Waals surface area contributed by atoms with E-state index in [0.29, 0.717) is 11.5 Å². The Morgan fingerprint density at radius 1 is 1.43 bits per heavy atom. The zero-order valence-electron chi connectivity index (χ0n) is 4.00. The Morgan fingerprint density at radius 2 is 2.14 bits per heavy atom. The molecule has 1 fully saturated rings. The molecule has 1 radical (unpaired) electrons. The van der Waals surface area contributed by atoms with Crippen molar-refractivity contribution < 1.29 is 9.11 Å². The number of rotatable bonds is 0. The monoisotopic (exact) mass is 121 g/mol. The van der Waals surface area contributed by atoms with Crippen molar-refractivity contribution in [2.24, 2.45) is 0 Å². The average molecular weight is 121 g/mol. The molecule has 43 valence electrons. The van der Waals surface area contributed by atoms with Crippen molar-refractivity contribution in [1.29, 1.82) is 0 Å². The van der Waals surface area contributed by atoms with Gasteiger partial charge in [0, 0.05) is 11.5 Å². The van der Waals surface area contributed by atoms with Crippen LogP contribution in [0.2, 0.25) is 0 Å². The van der Waals surface area contributed by atoms with Crippen molar-refractivity contribution in [2.75, 3.05) is 11.5 Å². The fraction of sp³-hybridized carbons (Fsp3) is 0.750. The lowest BCUT2D eigenvalue weighted by Crippen LogP contribution is -1.95. The van der Waals surface area contributed by atoms with Gasteiger partial charge in [0.2, 0.25) is 0 Å². The summed E-state index contributed by atoms with van der Waals surface area (Å²) >= 11 is 0. The average Bonchev–Trinajstić information content (AvgIpc) is 1.84. The van der Waals surface area contributed by atoms with Gasteiger partial charge >= 0.3 is 0 Å². The second kappa shape index (κ2) is 1.65. The topological polar surface area (TPSA) is 40.5 Å².